The minimum absolute atomic E-state index is 0.0184. The SMILES string of the molecule is CC1C=C(N2CCC3(CCN(CCF)C3)C2)C=CC1NC(=O)c1ccc(OCC2CC2)cc1. The molecule has 33 heavy (non-hydrogen) atoms. The van der Waals surface area contributed by atoms with E-state index in [1.165, 1.54) is 31.4 Å². The lowest BCUT2D eigenvalue weighted by Gasteiger charge is -2.30. The first-order chi connectivity index (χ1) is 16.0. The summed E-state index contributed by atoms with van der Waals surface area (Å²) in [5.41, 5.74) is 2.22. The normalized spacial score (nSPS) is 29.5. The van der Waals surface area contributed by atoms with Gasteiger partial charge in [-0.1, -0.05) is 19.1 Å². The standard InChI is InChI=1S/C27H36FN3O2/c1-20-16-23(31-14-11-27(19-31)10-13-30(18-27)15-12-28)6-9-25(20)29-26(32)22-4-7-24(8-5-22)33-17-21-2-3-21/h4-9,16,20-21,25H,2-3,10-15,17-19H2,1H3,(H,29,32). The molecule has 1 spiro atoms. The highest BCUT2D eigenvalue weighted by atomic mass is 19.1. The zero-order valence-corrected chi connectivity index (χ0v) is 19.6. The van der Waals surface area contributed by atoms with E-state index in [0.29, 0.717) is 23.4 Å². The number of ether oxygens (including phenoxy) is 1. The van der Waals surface area contributed by atoms with Crippen molar-refractivity contribution in [3.8, 4) is 5.75 Å². The summed E-state index contributed by atoms with van der Waals surface area (Å²) in [5.74, 6) is 1.71. The van der Waals surface area contributed by atoms with Crippen LogP contribution in [0, 0.1) is 17.3 Å². The van der Waals surface area contributed by atoms with Crippen LogP contribution in [0.25, 0.3) is 0 Å². The quantitative estimate of drug-likeness (QED) is 0.646. The van der Waals surface area contributed by atoms with Crippen molar-refractivity contribution in [2.24, 2.45) is 17.3 Å². The third kappa shape index (κ3) is 5.26. The van der Waals surface area contributed by atoms with Gasteiger partial charge >= 0.3 is 0 Å². The van der Waals surface area contributed by atoms with Crippen LogP contribution in [0.2, 0.25) is 0 Å². The summed E-state index contributed by atoms with van der Waals surface area (Å²) in [6.07, 6.45) is 11.4. The molecular weight excluding hydrogens is 417 g/mol. The predicted molar refractivity (Wildman–Crippen MR) is 128 cm³/mol. The van der Waals surface area contributed by atoms with Crippen molar-refractivity contribution in [1.29, 1.82) is 0 Å². The van der Waals surface area contributed by atoms with E-state index in [-0.39, 0.29) is 24.5 Å². The Morgan fingerprint density at radius 3 is 2.70 bits per heavy atom. The summed E-state index contributed by atoms with van der Waals surface area (Å²) in [7, 11) is 0. The molecule has 178 valence electrons. The van der Waals surface area contributed by atoms with Crippen molar-refractivity contribution >= 4 is 5.91 Å². The first-order valence-electron chi connectivity index (χ1n) is 12.5. The molecule has 0 radical (unpaired) electrons. The molecule has 2 aliphatic carbocycles. The fraction of sp³-hybridized carbons (Fsp3) is 0.593. The molecule has 1 saturated carbocycles. The number of carbonyl (C=O) groups excluding carboxylic acids is 1. The van der Waals surface area contributed by atoms with Crippen molar-refractivity contribution in [3.63, 3.8) is 0 Å². The molecule has 6 heteroatoms. The minimum Gasteiger partial charge on any atom is -0.493 e. The lowest BCUT2D eigenvalue weighted by atomic mass is 9.86. The molecule has 0 aromatic heterocycles. The summed E-state index contributed by atoms with van der Waals surface area (Å²) in [6.45, 7) is 7.39. The average molecular weight is 454 g/mol. The van der Waals surface area contributed by atoms with Crippen LogP contribution in [0.5, 0.6) is 5.75 Å². The largest absolute Gasteiger partial charge is 0.493 e. The number of allylic oxidation sites excluding steroid dienone is 1. The number of nitrogens with zero attached hydrogens (tertiary/aromatic N) is 2. The molecule has 5 rings (SSSR count). The lowest BCUT2D eigenvalue weighted by molar-refractivity contribution is 0.0938. The third-order valence-electron chi connectivity index (χ3n) is 7.79. The number of likely N-dealkylation sites (tertiary alicyclic amines) is 2. The van der Waals surface area contributed by atoms with Gasteiger partial charge in [-0.2, -0.15) is 0 Å². The number of alkyl halides is 1. The van der Waals surface area contributed by atoms with E-state index in [1.807, 2.05) is 24.3 Å². The molecule has 2 aliphatic heterocycles. The Balaban J connectivity index is 1.13. The highest BCUT2D eigenvalue weighted by Gasteiger charge is 2.43. The zero-order chi connectivity index (χ0) is 22.8. The summed E-state index contributed by atoms with van der Waals surface area (Å²) in [5, 5.41) is 3.17. The third-order valence-corrected chi connectivity index (χ3v) is 7.79. The molecule has 1 N–H and O–H groups in total. The van der Waals surface area contributed by atoms with E-state index in [2.05, 4.69) is 40.3 Å². The van der Waals surface area contributed by atoms with Gasteiger partial charge in [0.2, 0.25) is 0 Å². The van der Waals surface area contributed by atoms with Gasteiger partial charge in [-0.3, -0.25) is 4.79 Å². The number of carbonyl (C=O) groups is 1. The molecule has 2 saturated heterocycles. The van der Waals surface area contributed by atoms with Gasteiger partial charge in [0, 0.05) is 48.8 Å². The number of halogens is 1. The van der Waals surface area contributed by atoms with Crippen molar-refractivity contribution < 1.29 is 13.9 Å². The van der Waals surface area contributed by atoms with E-state index in [0.717, 1.165) is 38.5 Å². The van der Waals surface area contributed by atoms with Gasteiger partial charge in [0.05, 0.1) is 12.6 Å². The highest BCUT2D eigenvalue weighted by Crippen LogP contribution is 2.41. The van der Waals surface area contributed by atoms with Crippen LogP contribution >= 0.6 is 0 Å². The Morgan fingerprint density at radius 1 is 1.18 bits per heavy atom. The Labute approximate surface area is 196 Å². The van der Waals surface area contributed by atoms with Crippen molar-refractivity contribution in [2.45, 2.75) is 38.6 Å². The van der Waals surface area contributed by atoms with E-state index in [1.54, 1.807) is 0 Å². The molecule has 1 aromatic carbocycles. The maximum atomic E-state index is 12.8. The van der Waals surface area contributed by atoms with Gasteiger partial charge in [0.25, 0.3) is 5.91 Å². The number of hydrogen-bond acceptors (Lipinski definition) is 4. The fourth-order valence-electron chi connectivity index (χ4n) is 5.46. The molecule has 5 nitrogen and oxygen atoms in total. The number of nitrogens with one attached hydrogen (secondary N) is 1. The first kappa shape index (κ1) is 22.5. The summed E-state index contributed by atoms with van der Waals surface area (Å²) in [4.78, 5) is 17.5. The van der Waals surface area contributed by atoms with Gasteiger partial charge in [-0.15, -0.1) is 0 Å². The average Bonchev–Trinajstić information content (AvgIpc) is 3.44. The van der Waals surface area contributed by atoms with E-state index in [4.69, 9.17) is 4.74 Å². The number of benzene rings is 1. The fourth-order valence-corrected chi connectivity index (χ4v) is 5.46. The van der Waals surface area contributed by atoms with Crippen LogP contribution in [-0.2, 0) is 0 Å². The molecule has 4 aliphatic rings. The molecule has 3 unspecified atom stereocenters. The Bertz CT molecular complexity index is 910. The highest BCUT2D eigenvalue weighted by molar-refractivity contribution is 5.94. The van der Waals surface area contributed by atoms with Crippen LogP contribution in [0.1, 0.15) is 43.0 Å². The second-order valence-corrected chi connectivity index (χ2v) is 10.5. The second kappa shape index (κ2) is 9.49. The molecule has 3 fully saturated rings. The van der Waals surface area contributed by atoms with Crippen molar-refractivity contribution in [2.75, 3.05) is 46.0 Å². The predicted octanol–water partition coefficient (Wildman–Crippen LogP) is 4.03. The summed E-state index contributed by atoms with van der Waals surface area (Å²) in [6, 6.07) is 7.43. The van der Waals surface area contributed by atoms with Crippen molar-refractivity contribution in [3.05, 3.63) is 53.8 Å². The molecular formula is C27H36FN3O2. The summed E-state index contributed by atoms with van der Waals surface area (Å²) < 4.78 is 18.5. The van der Waals surface area contributed by atoms with Gasteiger partial charge in [-0.05, 0) is 68.5 Å². The molecule has 3 atom stereocenters. The molecule has 1 aromatic rings. The lowest BCUT2D eigenvalue weighted by Crippen LogP contribution is -2.39. The summed E-state index contributed by atoms with van der Waals surface area (Å²) >= 11 is 0. The number of amides is 1. The zero-order valence-electron chi connectivity index (χ0n) is 19.6. The Hall–Kier alpha value is -2.34. The topological polar surface area (TPSA) is 44.8 Å². The van der Waals surface area contributed by atoms with Crippen molar-refractivity contribution in [1.82, 2.24) is 15.1 Å². The molecule has 0 bridgehead atoms. The number of hydrogen-bond donors (Lipinski definition) is 1. The number of rotatable bonds is 8. The van der Waals surface area contributed by atoms with Crippen LogP contribution in [0.3, 0.4) is 0 Å². The maximum Gasteiger partial charge on any atom is 0.251 e. The smallest absolute Gasteiger partial charge is 0.251 e. The van der Waals surface area contributed by atoms with Gasteiger partial charge in [0.1, 0.15) is 12.4 Å². The second-order valence-electron chi connectivity index (χ2n) is 10.5. The Kier molecular flexibility index (Phi) is 6.46. The van der Waals surface area contributed by atoms with Gasteiger partial charge in [0.15, 0.2) is 0 Å². The van der Waals surface area contributed by atoms with E-state index >= 15 is 0 Å². The first-order valence-corrected chi connectivity index (χ1v) is 12.5. The van der Waals surface area contributed by atoms with E-state index in [9.17, 15) is 9.18 Å². The van der Waals surface area contributed by atoms with Crippen LogP contribution < -0.4 is 10.1 Å². The van der Waals surface area contributed by atoms with Gasteiger partial charge in [-0.25, -0.2) is 4.39 Å². The monoisotopic (exact) mass is 453 g/mol. The Morgan fingerprint density at radius 2 is 1.97 bits per heavy atom. The van der Waals surface area contributed by atoms with E-state index < -0.39 is 0 Å². The molecule has 2 heterocycles. The van der Waals surface area contributed by atoms with Crippen LogP contribution in [0.4, 0.5) is 4.39 Å². The minimum atomic E-state index is -0.253. The van der Waals surface area contributed by atoms with Gasteiger partial charge < -0.3 is 19.9 Å². The van der Waals surface area contributed by atoms with Crippen LogP contribution in [0.15, 0.2) is 48.2 Å². The maximum absolute atomic E-state index is 12.8. The molecule has 1 amide bonds. The van der Waals surface area contributed by atoms with Crippen LogP contribution in [-0.4, -0.2) is 67.8 Å².